The van der Waals surface area contributed by atoms with E-state index in [0.717, 1.165) is 30.5 Å². The first-order valence-electron chi connectivity index (χ1n) is 13.6. The minimum atomic E-state index is -1.02. The Hall–Kier alpha value is -4.08. The van der Waals surface area contributed by atoms with E-state index in [9.17, 15) is 24.3 Å². The highest BCUT2D eigenvalue weighted by atomic mass is 16.4. The molecule has 1 unspecified atom stereocenters. The molecule has 208 valence electrons. The third kappa shape index (κ3) is 7.49. The van der Waals surface area contributed by atoms with Crippen molar-refractivity contribution in [3.8, 4) is 0 Å². The van der Waals surface area contributed by atoms with Crippen LogP contribution in [0.2, 0.25) is 0 Å². The standard InChI is InChI=1S/C29H37N5O5/c1-3-12-30-29(39)32-24-17-22(27(37)31-23(18-26(35)36)20-6-4-19(2)5-7-20)10-11-25(24)33-13-15-34(16-14-33)28(38)21-8-9-21/h4-7,10-11,17,21,23H,3,8-9,12-16,18H2,1-2H3,(H,31,37)(H,35,36)(H2,30,32,39). The zero-order chi connectivity index (χ0) is 27.9. The van der Waals surface area contributed by atoms with Gasteiger partial charge in [-0.1, -0.05) is 36.8 Å². The van der Waals surface area contributed by atoms with Gasteiger partial charge in [-0.05, 0) is 49.9 Å². The Kier molecular flexibility index (Phi) is 9.06. The van der Waals surface area contributed by atoms with E-state index in [-0.39, 0.29) is 24.3 Å². The molecule has 0 radical (unpaired) electrons. The van der Waals surface area contributed by atoms with Crippen LogP contribution in [-0.4, -0.2) is 66.5 Å². The third-order valence-electron chi connectivity index (χ3n) is 7.06. The van der Waals surface area contributed by atoms with E-state index in [1.807, 2.05) is 43.0 Å². The summed E-state index contributed by atoms with van der Waals surface area (Å²) in [4.78, 5) is 53.8. The van der Waals surface area contributed by atoms with Crippen LogP contribution < -0.4 is 20.9 Å². The molecule has 10 nitrogen and oxygen atoms in total. The number of piperazine rings is 1. The first-order valence-corrected chi connectivity index (χ1v) is 13.6. The van der Waals surface area contributed by atoms with Crippen molar-refractivity contribution >= 4 is 35.2 Å². The Balaban J connectivity index is 1.53. The first-order chi connectivity index (χ1) is 18.7. The molecule has 1 saturated carbocycles. The Morgan fingerprint density at radius 2 is 1.69 bits per heavy atom. The summed E-state index contributed by atoms with van der Waals surface area (Å²) >= 11 is 0. The number of carboxylic acids is 1. The Morgan fingerprint density at radius 1 is 1.00 bits per heavy atom. The van der Waals surface area contributed by atoms with Crippen molar-refractivity contribution < 1.29 is 24.3 Å². The number of benzene rings is 2. The van der Waals surface area contributed by atoms with E-state index < -0.39 is 17.9 Å². The van der Waals surface area contributed by atoms with E-state index >= 15 is 0 Å². The van der Waals surface area contributed by atoms with Crippen molar-refractivity contribution in [2.24, 2.45) is 5.92 Å². The van der Waals surface area contributed by atoms with Gasteiger partial charge in [-0.3, -0.25) is 14.4 Å². The summed E-state index contributed by atoms with van der Waals surface area (Å²) < 4.78 is 0. The molecule has 2 aliphatic rings. The number of hydrogen-bond donors (Lipinski definition) is 4. The number of hydrogen-bond acceptors (Lipinski definition) is 5. The number of amides is 4. The number of carbonyl (C=O) groups excluding carboxylic acids is 3. The maximum Gasteiger partial charge on any atom is 0.319 e. The van der Waals surface area contributed by atoms with Crippen molar-refractivity contribution in [3.63, 3.8) is 0 Å². The Bertz CT molecular complexity index is 1200. The lowest BCUT2D eigenvalue weighted by Gasteiger charge is -2.37. The molecule has 0 bridgehead atoms. The fraction of sp³-hybridized carbons (Fsp3) is 0.448. The summed E-state index contributed by atoms with van der Waals surface area (Å²) in [5, 5.41) is 17.9. The van der Waals surface area contributed by atoms with Crippen molar-refractivity contribution in [2.75, 3.05) is 42.9 Å². The minimum absolute atomic E-state index is 0.179. The van der Waals surface area contributed by atoms with Gasteiger partial charge in [0, 0.05) is 44.2 Å². The van der Waals surface area contributed by atoms with Crippen molar-refractivity contribution in [1.29, 1.82) is 0 Å². The zero-order valence-electron chi connectivity index (χ0n) is 22.5. The highest BCUT2D eigenvalue weighted by molar-refractivity contribution is 6.00. The van der Waals surface area contributed by atoms with Gasteiger partial charge in [0.1, 0.15) is 0 Å². The van der Waals surface area contributed by atoms with Crippen LogP contribution in [0.4, 0.5) is 16.2 Å². The van der Waals surface area contributed by atoms with Gasteiger partial charge < -0.3 is 30.9 Å². The van der Waals surface area contributed by atoms with Crippen LogP contribution in [-0.2, 0) is 9.59 Å². The van der Waals surface area contributed by atoms with Gasteiger partial charge in [-0.15, -0.1) is 0 Å². The molecule has 2 aromatic rings. The number of aryl methyl sites for hydroxylation is 1. The second-order valence-corrected chi connectivity index (χ2v) is 10.2. The van der Waals surface area contributed by atoms with E-state index in [1.54, 1.807) is 18.2 Å². The van der Waals surface area contributed by atoms with Crippen molar-refractivity contribution in [2.45, 2.75) is 45.6 Å². The first kappa shape index (κ1) is 27.9. The maximum absolute atomic E-state index is 13.3. The summed E-state index contributed by atoms with van der Waals surface area (Å²) in [6, 6.07) is 11.4. The number of aliphatic carboxylic acids is 1. The number of nitrogens with zero attached hydrogens (tertiary/aromatic N) is 2. The fourth-order valence-electron chi connectivity index (χ4n) is 4.68. The highest BCUT2D eigenvalue weighted by Crippen LogP contribution is 2.33. The van der Waals surface area contributed by atoms with Crippen molar-refractivity contribution in [3.05, 3.63) is 59.2 Å². The SMILES string of the molecule is CCCNC(=O)Nc1cc(C(=O)NC(CC(=O)O)c2ccc(C)cc2)ccc1N1CCN(C(=O)C2CC2)CC1. The average Bonchev–Trinajstić information content (AvgIpc) is 3.77. The molecule has 4 amide bonds. The molecule has 1 heterocycles. The topological polar surface area (TPSA) is 131 Å². The number of urea groups is 1. The summed E-state index contributed by atoms with van der Waals surface area (Å²) in [5.74, 6) is -1.06. The number of anilines is 2. The number of carboxylic acid groups (broad SMARTS) is 1. The predicted octanol–water partition coefficient (Wildman–Crippen LogP) is 3.53. The minimum Gasteiger partial charge on any atom is -0.481 e. The molecule has 39 heavy (non-hydrogen) atoms. The van der Waals surface area contributed by atoms with Crippen molar-refractivity contribution in [1.82, 2.24) is 15.5 Å². The normalized spacial score (nSPS) is 15.8. The van der Waals surface area contributed by atoms with Crippen LogP contribution in [0.5, 0.6) is 0 Å². The number of rotatable bonds is 10. The van der Waals surface area contributed by atoms with Gasteiger partial charge in [-0.2, -0.15) is 0 Å². The van der Waals surface area contributed by atoms with E-state index in [2.05, 4.69) is 20.9 Å². The average molecular weight is 536 g/mol. The van der Waals surface area contributed by atoms with Crippen LogP contribution >= 0.6 is 0 Å². The molecule has 10 heteroatoms. The highest BCUT2D eigenvalue weighted by Gasteiger charge is 2.35. The largest absolute Gasteiger partial charge is 0.481 e. The molecule has 0 aromatic heterocycles. The quantitative estimate of drug-likeness (QED) is 0.368. The maximum atomic E-state index is 13.3. The molecule has 1 saturated heterocycles. The molecular formula is C29H37N5O5. The second kappa shape index (κ2) is 12.6. The van der Waals surface area contributed by atoms with E-state index in [4.69, 9.17) is 0 Å². The molecule has 1 aliphatic carbocycles. The third-order valence-corrected chi connectivity index (χ3v) is 7.06. The van der Waals surface area contributed by atoms with E-state index in [0.29, 0.717) is 49.5 Å². The van der Waals surface area contributed by atoms with Crippen LogP contribution in [0.1, 0.15) is 60.1 Å². The molecule has 1 aliphatic heterocycles. The molecule has 1 atom stereocenters. The lowest BCUT2D eigenvalue weighted by molar-refractivity contribution is -0.137. The molecule has 2 fully saturated rings. The number of carbonyl (C=O) groups is 4. The lowest BCUT2D eigenvalue weighted by Crippen LogP contribution is -2.49. The summed E-state index contributed by atoms with van der Waals surface area (Å²) in [6.45, 7) is 6.84. The van der Waals surface area contributed by atoms with Gasteiger partial charge in [-0.25, -0.2) is 4.79 Å². The smallest absolute Gasteiger partial charge is 0.319 e. The number of nitrogens with one attached hydrogen (secondary N) is 3. The van der Waals surface area contributed by atoms with Crippen LogP contribution in [0.15, 0.2) is 42.5 Å². The Labute approximate surface area is 228 Å². The van der Waals surface area contributed by atoms with Gasteiger partial charge in [0.05, 0.1) is 23.8 Å². The molecule has 2 aromatic carbocycles. The van der Waals surface area contributed by atoms with Gasteiger partial charge in [0.2, 0.25) is 5.91 Å². The van der Waals surface area contributed by atoms with Crippen LogP contribution in [0.3, 0.4) is 0 Å². The predicted molar refractivity (Wildman–Crippen MR) is 149 cm³/mol. The van der Waals surface area contributed by atoms with Crippen LogP contribution in [0.25, 0.3) is 0 Å². The fourth-order valence-corrected chi connectivity index (χ4v) is 4.68. The van der Waals surface area contributed by atoms with E-state index in [1.165, 1.54) is 0 Å². The second-order valence-electron chi connectivity index (χ2n) is 10.2. The lowest BCUT2D eigenvalue weighted by atomic mass is 10.0. The molecule has 0 spiro atoms. The van der Waals surface area contributed by atoms with Gasteiger partial charge in [0.25, 0.3) is 5.91 Å². The summed E-state index contributed by atoms with van der Waals surface area (Å²) in [5.41, 5.74) is 3.27. The van der Waals surface area contributed by atoms with Gasteiger partial charge in [0.15, 0.2) is 0 Å². The van der Waals surface area contributed by atoms with Gasteiger partial charge >= 0.3 is 12.0 Å². The Morgan fingerprint density at radius 3 is 2.31 bits per heavy atom. The zero-order valence-corrected chi connectivity index (χ0v) is 22.5. The summed E-state index contributed by atoms with van der Waals surface area (Å²) in [6.07, 6.45) is 2.46. The van der Waals surface area contributed by atoms with Crippen LogP contribution in [0, 0.1) is 12.8 Å². The molecular weight excluding hydrogens is 498 g/mol. The molecule has 4 rings (SSSR count). The monoisotopic (exact) mass is 535 g/mol. The summed E-state index contributed by atoms with van der Waals surface area (Å²) in [7, 11) is 0. The molecule has 4 N–H and O–H groups in total.